The first-order chi connectivity index (χ1) is 19.9. The fourth-order valence-corrected chi connectivity index (χ4v) is 6.05. The molecule has 0 aliphatic carbocycles. The van der Waals surface area contributed by atoms with Crippen LogP contribution in [-0.2, 0) is 32.6 Å². The Kier molecular flexibility index (Phi) is 12.5. The Labute approximate surface area is 263 Å². The summed E-state index contributed by atoms with van der Waals surface area (Å²) in [5.74, 6) is -0.350. The number of benzene rings is 3. The summed E-state index contributed by atoms with van der Waals surface area (Å²) in [7, 11) is -3.73. The van der Waals surface area contributed by atoms with E-state index < -0.39 is 16.1 Å². The molecule has 0 radical (unpaired) electrons. The molecule has 226 valence electrons. The Morgan fingerprint density at radius 1 is 0.905 bits per heavy atom. The molecule has 7 nitrogen and oxygen atoms in total. The average molecular weight is 653 g/mol. The Bertz CT molecular complexity index is 1470. The second-order valence-electron chi connectivity index (χ2n) is 10.5. The molecule has 0 saturated carbocycles. The van der Waals surface area contributed by atoms with Crippen molar-refractivity contribution in [2.75, 3.05) is 23.7 Å². The Morgan fingerprint density at radius 3 is 2.21 bits per heavy atom. The topological polar surface area (TPSA) is 86.8 Å². The smallest absolute Gasteiger partial charge is 0.243 e. The summed E-state index contributed by atoms with van der Waals surface area (Å²) in [5.41, 5.74) is 1.84. The van der Waals surface area contributed by atoms with Crippen molar-refractivity contribution < 1.29 is 18.0 Å². The molecule has 0 heterocycles. The van der Waals surface area contributed by atoms with Crippen LogP contribution in [0.3, 0.4) is 0 Å². The van der Waals surface area contributed by atoms with E-state index in [1.165, 1.54) is 12.1 Å². The largest absolute Gasteiger partial charge is 0.354 e. The molecule has 0 aliphatic heterocycles. The summed E-state index contributed by atoms with van der Waals surface area (Å²) in [6, 6.07) is 20.4. The number of carbonyl (C=O) groups is 2. The molecule has 3 aromatic carbocycles. The third-order valence-electron chi connectivity index (χ3n) is 6.58. The van der Waals surface area contributed by atoms with Crippen LogP contribution in [0.25, 0.3) is 0 Å². The van der Waals surface area contributed by atoms with Crippen molar-refractivity contribution >= 4 is 62.3 Å². The van der Waals surface area contributed by atoms with Crippen LogP contribution in [0.15, 0.2) is 72.8 Å². The minimum Gasteiger partial charge on any atom is -0.354 e. The van der Waals surface area contributed by atoms with Crippen LogP contribution in [0.2, 0.25) is 15.1 Å². The monoisotopic (exact) mass is 651 g/mol. The summed E-state index contributed by atoms with van der Waals surface area (Å²) in [6.07, 6.45) is 1.54. The van der Waals surface area contributed by atoms with Gasteiger partial charge in [-0.1, -0.05) is 97.2 Å². The molecule has 1 atom stereocenters. The van der Waals surface area contributed by atoms with Gasteiger partial charge in [-0.3, -0.25) is 13.9 Å². The molecule has 1 unspecified atom stereocenters. The Balaban J connectivity index is 1.91. The lowest BCUT2D eigenvalue weighted by Crippen LogP contribution is -2.51. The first-order valence-corrected chi connectivity index (χ1v) is 16.6. The van der Waals surface area contributed by atoms with E-state index in [1.807, 2.05) is 56.3 Å². The van der Waals surface area contributed by atoms with E-state index in [-0.39, 0.29) is 54.4 Å². The third-order valence-corrected chi connectivity index (χ3v) is 8.69. The highest BCUT2D eigenvalue weighted by molar-refractivity contribution is 7.92. The second kappa shape index (κ2) is 15.6. The molecule has 0 spiro atoms. The number of hydrogen-bond acceptors (Lipinski definition) is 4. The molecule has 2 amide bonds. The average Bonchev–Trinajstić information content (AvgIpc) is 2.94. The number of nitrogens with zero attached hydrogens (tertiary/aromatic N) is 2. The van der Waals surface area contributed by atoms with Gasteiger partial charge >= 0.3 is 0 Å². The number of nitrogens with one attached hydrogen (secondary N) is 1. The summed E-state index contributed by atoms with van der Waals surface area (Å²) in [6.45, 7) is 4.56. The summed E-state index contributed by atoms with van der Waals surface area (Å²) in [5, 5.41) is 4.02. The maximum atomic E-state index is 13.9. The summed E-state index contributed by atoms with van der Waals surface area (Å²) < 4.78 is 26.5. The number of anilines is 1. The zero-order chi connectivity index (χ0) is 30.9. The predicted octanol–water partition coefficient (Wildman–Crippen LogP) is 6.61. The van der Waals surface area contributed by atoms with Gasteiger partial charge in [0.25, 0.3) is 0 Å². The highest BCUT2D eigenvalue weighted by Gasteiger charge is 2.31. The van der Waals surface area contributed by atoms with Gasteiger partial charge in [0.05, 0.1) is 17.0 Å². The molecule has 3 aromatic rings. The molecule has 0 bridgehead atoms. The maximum absolute atomic E-state index is 13.9. The Morgan fingerprint density at radius 2 is 1.57 bits per heavy atom. The van der Waals surface area contributed by atoms with Crippen LogP contribution in [0.1, 0.15) is 37.8 Å². The molecule has 0 saturated heterocycles. The van der Waals surface area contributed by atoms with Crippen molar-refractivity contribution in [2.45, 2.75) is 45.7 Å². The number of amides is 2. The zero-order valence-corrected chi connectivity index (χ0v) is 27.0. The van der Waals surface area contributed by atoms with Crippen molar-refractivity contribution in [3.8, 4) is 0 Å². The van der Waals surface area contributed by atoms with Gasteiger partial charge in [0.2, 0.25) is 21.8 Å². The normalized spacial score (nSPS) is 12.2. The van der Waals surface area contributed by atoms with E-state index >= 15 is 0 Å². The van der Waals surface area contributed by atoms with E-state index in [4.69, 9.17) is 34.8 Å². The van der Waals surface area contributed by atoms with E-state index in [9.17, 15) is 18.0 Å². The summed E-state index contributed by atoms with van der Waals surface area (Å²) in [4.78, 5) is 29.0. The van der Waals surface area contributed by atoms with Crippen LogP contribution >= 0.6 is 34.8 Å². The van der Waals surface area contributed by atoms with E-state index in [1.54, 1.807) is 23.1 Å². The molecule has 0 fully saturated rings. The first-order valence-electron chi connectivity index (χ1n) is 13.6. The lowest BCUT2D eigenvalue weighted by molar-refractivity contribution is -0.141. The van der Waals surface area contributed by atoms with Gasteiger partial charge in [-0.15, -0.1) is 0 Å². The van der Waals surface area contributed by atoms with Crippen molar-refractivity contribution in [1.82, 2.24) is 10.2 Å². The third kappa shape index (κ3) is 9.90. The fourth-order valence-electron chi connectivity index (χ4n) is 4.45. The second-order valence-corrected chi connectivity index (χ2v) is 13.6. The molecule has 0 aliphatic rings. The predicted molar refractivity (Wildman–Crippen MR) is 172 cm³/mol. The number of sulfonamides is 1. The number of hydrogen-bond donors (Lipinski definition) is 1. The molecular weight excluding hydrogens is 617 g/mol. The quantitative estimate of drug-likeness (QED) is 0.213. The first kappa shape index (κ1) is 33.7. The van der Waals surface area contributed by atoms with Crippen molar-refractivity contribution in [2.24, 2.45) is 5.92 Å². The van der Waals surface area contributed by atoms with Crippen molar-refractivity contribution in [1.29, 1.82) is 0 Å². The van der Waals surface area contributed by atoms with Crippen LogP contribution in [0, 0.1) is 5.92 Å². The summed E-state index contributed by atoms with van der Waals surface area (Å²) >= 11 is 18.9. The number of rotatable bonds is 14. The minimum absolute atomic E-state index is 0.00648. The van der Waals surface area contributed by atoms with Crippen LogP contribution in [0.5, 0.6) is 0 Å². The standard InChI is InChI=1S/C31H36Cl3N3O4S/c1-22(2)20-35-31(39)29(18-23-10-5-4-6-11-23)36(21-24-12-7-8-13-26(24)33)30(38)14-9-17-37(42(3,40)41)28-19-25(32)15-16-27(28)34/h4-8,10-13,15-16,19,22,29H,9,14,17-18,20-21H2,1-3H3,(H,35,39). The van der Waals surface area contributed by atoms with Gasteiger partial charge in [0.1, 0.15) is 6.04 Å². The molecule has 42 heavy (non-hydrogen) atoms. The molecule has 11 heteroatoms. The fraction of sp³-hybridized carbons (Fsp3) is 0.355. The molecule has 0 aromatic heterocycles. The maximum Gasteiger partial charge on any atom is 0.243 e. The van der Waals surface area contributed by atoms with E-state index in [2.05, 4.69) is 5.32 Å². The molecule has 3 rings (SSSR count). The van der Waals surface area contributed by atoms with Gasteiger partial charge in [-0.25, -0.2) is 8.42 Å². The van der Waals surface area contributed by atoms with Crippen molar-refractivity contribution in [3.63, 3.8) is 0 Å². The van der Waals surface area contributed by atoms with Gasteiger partial charge in [-0.2, -0.15) is 0 Å². The number of halogens is 3. The van der Waals surface area contributed by atoms with E-state index in [0.29, 0.717) is 28.6 Å². The van der Waals surface area contributed by atoms with Crippen molar-refractivity contribution in [3.05, 3.63) is 99.0 Å². The lowest BCUT2D eigenvalue weighted by Gasteiger charge is -2.32. The van der Waals surface area contributed by atoms with Gasteiger partial charge in [0.15, 0.2) is 0 Å². The van der Waals surface area contributed by atoms with Crippen LogP contribution in [0.4, 0.5) is 5.69 Å². The highest BCUT2D eigenvalue weighted by Crippen LogP contribution is 2.31. The number of carbonyl (C=O) groups excluding carboxylic acids is 2. The van der Waals surface area contributed by atoms with Gasteiger partial charge in [0, 0.05) is 42.5 Å². The van der Waals surface area contributed by atoms with E-state index in [0.717, 1.165) is 16.1 Å². The highest BCUT2D eigenvalue weighted by atomic mass is 35.5. The van der Waals surface area contributed by atoms with Crippen LogP contribution in [-0.4, -0.2) is 50.5 Å². The molecule has 1 N–H and O–H groups in total. The van der Waals surface area contributed by atoms with Gasteiger partial charge < -0.3 is 10.2 Å². The Hall–Kier alpha value is -2.78. The minimum atomic E-state index is -3.73. The van der Waals surface area contributed by atoms with Crippen LogP contribution < -0.4 is 9.62 Å². The van der Waals surface area contributed by atoms with Gasteiger partial charge in [-0.05, 0) is 47.7 Å². The zero-order valence-electron chi connectivity index (χ0n) is 23.9. The lowest BCUT2D eigenvalue weighted by atomic mass is 10.0. The molecular formula is C31H36Cl3N3O4S. The SMILES string of the molecule is CC(C)CNC(=O)C(Cc1ccccc1)N(Cc1ccccc1Cl)C(=O)CCCN(c1cc(Cl)ccc1Cl)S(C)(=O)=O.